The van der Waals surface area contributed by atoms with Crippen molar-refractivity contribution < 1.29 is 9.18 Å². The van der Waals surface area contributed by atoms with E-state index < -0.39 is 5.25 Å². The highest BCUT2D eigenvalue weighted by Gasteiger charge is 2.16. The van der Waals surface area contributed by atoms with Gasteiger partial charge in [-0.25, -0.2) is 4.39 Å². The number of halogens is 1. The first kappa shape index (κ1) is 15.1. The van der Waals surface area contributed by atoms with Gasteiger partial charge in [0.15, 0.2) is 0 Å². The molecule has 0 saturated heterocycles. The second-order valence-electron chi connectivity index (χ2n) is 4.37. The molecule has 0 fully saturated rings. The Labute approximate surface area is 126 Å². The minimum atomic E-state index is -0.433. The first-order chi connectivity index (χ1) is 10.1. The average Bonchev–Trinajstić information content (AvgIpc) is 2.50. The molecule has 3 nitrogen and oxygen atoms in total. The highest BCUT2D eigenvalue weighted by molar-refractivity contribution is 8.00. The van der Waals surface area contributed by atoms with Crippen LogP contribution >= 0.6 is 11.8 Å². The van der Waals surface area contributed by atoms with Crippen molar-refractivity contribution in [3.63, 3.8) is 0 Å². The highest BCUT2D eigenvalue weighted by atomic mass is 32.2. The highest BCUT2D eigenvalue weighted by Crippen LogP contribution is 2.26. The van der Waals surface area contributed by atoms with Crippen LogP contribution in [0.25, 0.3) is 0 Å². The number of carbonyl (C=O) groups excluding carboxylic acids is 1. The molecular weight excluding hydrogens is 287 g/mol. The number of nitrogens with one attached hydrogen (secondary N) is 1. The van der Waals surface area contributed by atoms with Crippen LogP contribution in [0.2, 0.25) is 0 Å². The molecule has 21 heavy (non-hydrogen) atoms. The van der Waals surface area contributed by atoms with Gasteiger partial charge in [-0.1, -0.05) is 12.1 Å². The summed E-state index contributed by atoms with van der Waals surface area (Å²) in [6.07, 6.45) is 0. The van der Waals surface area contributed by atoms with Crippen LogP contribution in [0, 0.1) is 17.1 Å². The largest absolute Gasteiger partial charge is 0.325 e. The quantitative estimate of drug-likeness (QED) is 0.873. The molecule has 106 valence electrons. The number of hydrogen-bond acceptors (Lipinski definition) is 3. The second-order valence-corrected chi connectivity index (χ2v) is 5.75. The Kier molecular flexibility index (Phi) is 4.96. The molecule has 0 aliphatic rings. The number of carbonyl (C=O) groups is 1. The summed E-state index contributed by atoms with van der Waals surface area (Å²) in [6.45, 7) is 1.72. The van der Waals surface area contributed by atoms with Crippen LogP contribution in [0.4, 0.5) is 10.1 Å². The van der Waals surface area contributed by atoms with Gasteiger partial charge in [0.2, 0.25) is 5.91 Å². The van der Waals surface area contributed by atoms with Crippen LogP contribution in [-0.4, -0.2) is 11.2 Å². The minimum absolute atomic E-state index is 0.215. The summed E-state index contributed by atoms with van der Waals surface area (Å²) in [5.74, 6) is -0.548. The number of nitrogens with zero attached hydrogens (tertiary/aromatic N) is 1. The standard InChI is InChI=1S/C16H13FN2OS/c1-11(21-15-5-3-2-4-14(15)17)16(20)19-13-8-6-12(10-18)7-9-13/h2-9,11H,1H3,(H,19,20)/t11-/m0/s1. The van der Waals surface area contributed by atoms with Gasteiger partial charge in [-0.2, -0.15) is 5.26 Å². The summed E-state index contributed by atoms with van der Waals surface area (Å²) < 4.78 is 13.5. The molecule has 0 saturated carbocycles. The molecule has 1 atom stereocenters. The van der Waals surface area contributed by atoms with Gasteiger partial charge in [-0.3, -0.25) is 4.79 Å². The number of amides is 1. The Morgan fingerprint density at radius 2 is 1.90 bits per heavy atom. The van der Waals surface area contributed by atoms with E-state index in [1.807, 2.05) is 6.07 Å². The van der Waals surface area contributed by atoms with Gasteiger partial charge in [0, 0.05) is 10.6 Å². The Hall–Kier alpha value is -2.32. The molecule has 0 aliphatic carbocycles. The Balaban J connectivity index is 1.99. The van der Waals surface area contributed by atoms with Crippen LogP contribution in [0.5, 0.6) is 0 Å². The Morgan fingerprint density at radius 1 is 1.24 bits per heavy atom. The van der Waals surface area contributed by atoms with Gasteiger partial charge in [0.1, 0.15) is 5.82 Å². The van der Waals surface area contributed by atoms with E-state index in [4.69, 9.17) is 5.26 Å². The van der Waals surface area contributed by atoms with Crippen molar-refractivity contribution in [2.75, 3.05) is 5.32 Å². The van der Waals surface area contributed by atoms with E-state index in [2.05, 4.69) is 5.32 Å². The minimum Gasteiger partial charge on any atom is -0.325 e. The SMILES string of the molecule is C[C@H](Sc1ccccc1F)C(=O)Nc1ccc(C#N)cc1. The Bertz CT molecular complexity index is 679. The molecule has 2 rings (SSSR count). The molecule has 0 aliphatic heterocycles. The van der Waals surface area contributed by atoms with Crippen molar-refractivity contribution in [3.8, 4) is 6.07 Å². The summed E-state index contributed by atoms with van der Waals surface area (Å²) in [4.78, 5) is 12.5. The van der Waals surface area contributed by atoms with Crippen molar-refractivity contribution in [2.24, 2.45) is 0 Å². The van der Waals surface area contributed by atoms with Crippen LogP contribution in [0.3, 0.4) is 0 Å². The number of hydrogen-bond donors (Lipinski definition) is 1. The van der Waals surface area contributed by atoms with Crippen LogP contribution in [-0.2, 0) is 4.79 Å². The fraction of sp³-hybridized carbons (Fsp3) is 0.125. The lowest BCUT2D eigenvalue weighted by molar-refractivity contribution is -0.115. The van der Waals surface area contributed by atoms with E-state index in [0.29, 0.717) is 16.1 Å². The van der Waals surface area contributed by atoms with E-state index in [1.54, 1.807) is 49.4 Å². The zero-order valence-corrected chi connectivity index (χ0v) is 12.2. The first-order valence-electron chi connectivity index (χ1n) is 6.32. The van der Waals surface area contributed by atoms with E-state index in [9.17, 15) is 9.18 Å². The van der Waals surface area contributed by atoms with Crippen molar-refractivity contribution >= 4 is 23.4 Å². The number of anilines is 1. The monoisotopic (exact) mass is 300 g/mol. The normalized spacial score (nSPS) is 11.5. The summed E-state index contributed by atoms with van der Waals surface area (Å²) >= 11 is 1.17. The Morgan fingerprint density at radius 3 is 2.52 bits per heavy atom. The molecule has 5 heteroatoms. The third-order valence-corrected chi connectivity index (χ3v) is 3.94. The zero-order chi connectivity index (χ0) is 15.2. The molecule has 0 radical (unpaired) electrons. The smallest absolute Gasteiger partial charge is 0.237 e. The summed E-state index contributed by atoms with van der Waals surface area (Å²) in [7, 11) is 0. The summed E-state index contributed by atoms with van der Waals surface area (Å²) in [6, 6.07) is 15.0. The maximum Gasteiger partial charge on any atom is 0.237 e. The third kappa shape index (κ3) is 4.07. The lowest BCUT2D eigenvalue weighted by atomic mass is 10.2. The lowest BCUT2D eigenvalue weighted by Crippen LogP contribution is -2.22. The molecule has 2 aromatic carbocycles. The average molecular weight is 300 g/mol. The van der Waals surface area contributed by atoms with Crippen molar-refractivity contribution in [1.82, 2.24) is 0 Å². The maximum absolute atomic E-state index is 13.5. The van der Waals surface area contributed by atoms with Crippen LogP contribution in [0.1, 0.15) is 12.5 Å². The fourth-order valence-electron chi connectivity index (χ4n) is 1.66. The van der Waals surface area contributed by atoms with E-state index in [-0.39, 0.29) is 11.7 Å². The van der Waals surface area contributed by atoms with Gasteiger partial charge in [-0.05, 0) is 43.3 Å². The third-order valence-electron chi connectivity index (χ3n) is 2.79. The molecule has 0 aromatic heterocycles. The molecule has 1 N–H and O–H groups in total. The van der Waals surface area contributed by atoms with Crippen molar-refractivity contribution in [3.05, 3.63) is 59.9 Å². The topological polar surface area (TPSA) is 52.9 Å². The fourth-order valence-corrected chi connectivity index (χ4v) is 2.54. The predicted octanol–water partition coefficient (Wildman–Crippen LogP) is 3.82. The summed E-state index contributed by atoms with van der Waals surface area (Å²) in [5.41, 5.74) is 1.14. The van der Waals surface area contributed by atoms with Crippen molar-refractivity contribution in [1.29, 1.82) is 5.26 Å². The number of rotatable bonds is 4. The predicted molar refractivity (Wildman–Crippen MR) is 81.5 cm³/mol. The van der Waals surface area contributed by atoms with Crippen LogP contribution < -0.4 is 5.32 Å². The molecule has 0 unspecified atom stereocenters. The maximum atomic E-state index is 13.5. The van der Waals surface area contributed by atoms with E-state index in [1.165, 1.54) is 17.8 Å². The summed E-state index contributed by atoms with van der Waals surface area (Å²) in [5, 5.41) is 11.0. The molecule has 1 amide bonds. The number of benzene rings is 2. The lowest BCUT2D eigenvalue weighted by Gasteiger charge is -2.12. The molecule has 0 bridgehead atoms. The molecule has 0 heterocycles. The van der Waals surface area contributed by atoms with E-state index in [0.717, 1.165) is 0 Å². The van der Waals surface area contributed by atoms with Crippen molar-refractivity contribution in [2.45, 2.75) is 17.1 Å². The van der Waals surface area contributed by atoms with Gasteiger partial charge in [-0.15, -0.1) is 11.8 Å². The van der Waals surface area contributed by atoms with Gasteiger partial charge in [0.25, 0.3) is 0 Å². The first-order valence-corrected chi connectivity index (χ1v) is 7.20. The van der Waals surface area contributed by atoms with Gasteiger partial charge in [0.05, 0.1) is 16.9 Å². The number of nitriles is 1. The van der Waals surface area contributed by atoms with Gasteiger partial charge < -0.3 is 5.32 Å². The van der Waals surface area contributed by atoms with Crippen LogP contribution in [0.15, 0.2) is 53.4 Å². The van der Waals surface area contributed by atoms with Gasteiger partial charge >= 0.3 is 0 Å². The second kappa shape index (κ2) is 6.91. The molecular formula is C16H13FN2OS. The van der Waals surface area contributed by atoms with E-state index >= 15 is 0 Å². The molecule has 0 spiro atoms. The molecule has 2 aromatic rings. The number of thioether (sulfide) groups is 1. The zero-order valence-electron chi connectivity index (χ0n) is 11.3.